The van der Waals surface area contributed by atoms with Crippen LogP contribution in [-0.2, 0) is 13.5 Å². The Hall–Kier alpha value is -2.20. The predicted molar refractivity (Wildman–Crippen MR) is 82.8 cm³/mol. The fraction of sp³-hybridized carbons (Fsp3) is 0.188. The van der Waals surface area contributed by atoms with Crippen LogP contribution in [0.25, 0.3) is 10.9 Å². The first-order valence-corrected chi connectivity index (χ1v) is 7.09. The van der Waals surface area contributed by atoms with Crippen molar-refractivity contribution in [2.45, 2.75) is 13.3 Å². The van der Waals surface area contributed by atoms with Crippen LogP contribution >= 0.6 is 11.6 Å². The molecule has 0 aliphatic heterocycles. The molecule has 0 aliphatic rings. The highest BCUT2D eigenvalue weighted by Crippen LogP contribution is 2.27. The Morgan fingerprint density at radius 1 is 1.29 bits per heavy atom. The molecule has 3 aromatic rings. The number of nitrogens with zero attached hydrogens (tertiary/aromatic N) is 3. The van der Waals surface area contributed by atoms with Gasteiger partial charge in [0.1, 0.15) is 17.2 Å². The Kier molecular flexibility index (Phi) is 3.47. The number of fused-ring (bicyclic) bond motifs is 1. The maximum atomic E-state index is 12.8. The zero-order valence-electron chi connectivity index (χ0n) is 11.8. The minimum absolute atomic E-state index is 0.118. The summed E-state index contributed by atoms with van der Waals surface area (Å²) in [7, 11) is 1.98. The van der Waals surface area contributed by atoms with Crippen molar-refractivity contribution in [2.24, 2.45) is 7.05 Å². The lowest BCUT2D eigenvalue weighted by Gasteiger charge is -2.04. The highest BCUT2D eigenvalue weighted by atomic mass is 35.5. The van der Waals surface area contributed by atoms with Crippen LogP contribution in [-0.4, -0.2) is 20.3 Å². The van der Waals surface area contributed by atoms with Crippen LogP contribution in [0.15, 0.2) is 36.7 Å². The summed E-state index contributed by atoms with van der Waals surface area (Å²) in [4.78, 5) is 20.7. The summed E-state index contributed by atoms with van der Waals surface area (Å²) in [6, 6.07) is 9.39. The topological polar surface area (TPSA) is 47.8 Å². The molecule has 0 amide bonds. The number of carbonyl (C=O) groups excluding carboxylic acids is 1. The van der Waals surface area contributed by atoms with E-state index in [2.05, 4.69) is 14.5 Å². The van der Waals surface area contributed by atoms with E-state index in [0.717, 1.165) is 23.0 Å². The van der Waals surface area contributed by atoms with Crippen molar-refractivity contribution in [3.05, 3.63) is 58.8 Å². The number of ketones is 1. The number of carbonyl (C=O) groups is 1. The van der Waals surface area contributed by atoms with Crippen molar-refractivity contribution in [1.29, 1.82) is 0 Å². The summed E-state index contributed by atoms with van der Waals surface area (Å²) in [5.74, 6) is -0.118. The Bertz CT molecular complexity index is 839. The number of hydrogen-bond donors (Lipinski definition) is 0. The average Bonchev–Trinajstić information content (AvgIpc) is 2.79. The van der Waals surface area contributed by atoms with Gasteiger partial charge in [-0.05, 0) is 12.5 Å². The summed E-state index contributed by atoms with van der Waals surface area (Å²) in [6.07, 6.45) is 2.08. The third-order valence-electron chi connectivity index (χ3n) is 3.66. The fourth-order valence-electron chi connectivity index (χ4n) is 2.70. The van der Waals surface area contributed by atoms with E-state index in [-0.39, 0.29) is 10.9 Å². The van der Waals surface area contributed by atoms with E-state index in [1.807, 2.05) is 38.2 Å². The average molecular weight is 300 g/mol. The van der Waals surface area contributed by atoms with Gasteiger partial charge in [0, 0.05) is 29.7 Å². The molecule has 4 nitrogen and oxygen atoms in total. The molecule has 0 unspecified atom stereocenters. The summed E-state index contributed by atoms with van der Waals surface area (Å²) in [6.45, 7) is 2.04. The molecule has 106 valence electrons. The molecule has 3 rings (SSSR count). The summed E-state index contributed by atoms with van der Waals surface area (Å²) >= 11 is 5.86. The molecule has 0 saturated carbocycles. The quantitative estimate of drug-likeness (QED) is 0.550. The normalized spacial score (nSPS) is 11.0. The highest BCUT2D eigenvalue weighted by molar-refractivity contribution is 6.30. The molecule has 0 fully saturated rings. The molecular weight excluding hydrogens is 286 g/mol. The lowest BCUT2D eigenvalue weighted by atomic mass is 10.0. The molecular formula is C16H14ClN3O. The van der Waals surface area contributed by atoms with E-state index in [1.54, 1.807) is 0 Å². The summed E-state index contributed by atoms with van der Waals surface area (Å²) < 4.78 is 2.06. The molecule has 0 N–H and O–H groups in total. The number of hydrogen-bond acceptors (Lipinski definition) is 3. The maximum Gasteiger partial charge on any atom is 0.213 e. The molecule has 21 heavy (non-hydrogen) atoms. The van der Waals surface area contributed by atoms with Gasteiger partial charge in [0.25, 0.3) is 0 Å². The van der Waals surface area contributed by atoms with Crippen molar-refractivity contribution >= 4 is 28.3 Å². The number of aryl methyl sites for hydroxylation is 1. The van der Waals surface area contributed by atoms with Gasteiger partial charge in [-0.3, -0.25) is 4.79 Å². The Morgan fingerprint density at radius 2 is 2.05 bits per heavy atom. The van der Waals surface area contributed by atoms with Gasteiger partial charge in [0.05, 0.1) is 5.56 Å². The predicted octanol–water partition coefficient (Wildman–Crippen LogP) is 3.42. The van der Waals surface area contributed by atoms with Crippen LogP contribution in [0.3, 0.4) is 0 Å². The standard InChI is InChI=1S/C16H14ClN3O/c1-3-12-15(10-6-4-5-7-13(10)20(12)2)16(21)11-8-14(17)19-9-18-11/h4-9H,3H2,1-2H3. The van der Waals surface area contributed by atoms with Gasteiger partial charge in [0.2, 0.25) is 5.78 Å². The molecule has 0 radical (unpaired) electrons. The van der Waals surface area contributed by atoms with Gasteiger partial charge in [-0.2, -0.15) is 0 Å². The molecule has 0 aliphatic carbocycles. The van der Waals surface area contributed by atoms with E-state index < -0.39 is 0 Å². The van der Waals surface area contributed by atoms with Crippen LogP contribution in [0.5, 0.6) is 0 Å². The Labute approximate surface area is 127 Å². The van der Waals surface area contributed by atoms with Crippen LogP contribution in [0.4, 0.5) is 0 Å². The molecule has 5 heteroatoms. The van der Waals surface area contributed by atoms with Crippen molar-refractivity contribution in [1.82, 2.24) is 14.5 Å². The minimum atomic E-state index is -0.118. The number of para-hydroxylation sites is 1. The first kappa shape index (κ1) is 13.8. The van der Waals surface area contributed by atoms with Gasteiger partial charge in [-0.25, -0.2) is 9.97 Å². The third kappa shape index (κ3) is 2.21. The summed E-state index contributed by atoms with van der Waals surface area (Å²) in [5.41, 5.74) is 3.06. The maximum absolute atomic E-state index is 12.8. The SMILES string of the molecule is CCc1c(C(=O)c2cc(Cl)ncn2)c2ccccc2n1C. The lowest BCUT2D eigenvalue weighted by Crippen LogP contribution is -2.08. The van der Waals surface area contributed by atoms with E-state index in [9.17, 15) is 4.79 Å². The van der Waals surface area contributed by atoms with Crippen molar-refractivity contribution in [3.63, 3.8) is 0 Å². The molecule has 2 aromatic heterocycles. The van der Waals surface area contributed by atoms with Crippen LogP contribution in [0.2, 0.25) is 5.15 Å². The van der Waals surface area contributed by atoms with E-state index >= 15 is 0 Å². The van der Waals surface area contributed by atoms with Crippen LogP contribution < -0.4 is 0 Å². The summed E-state index contributed by atoms with van der Waals surface area (Å²) in [5, 5.41) is 1.21. The van der Waals surface area contributed by atoms with Gasteiger partial charge in [-0.15, -0.1) is 0 Å². The second kappa shape index (κ2) is 5.30. The first-order chi connectivity index (χ1) is 10.1. The molecule has 2 heterocycles. The number of rotatable bonds is 3. The fourth-order valence-corrected chi connectivity index (χ4v) is 2.85. The van der Waals surface area contributed by atoms with E-state index in [4.69, 9.17) is 11.6 Å². The molecule has 0 spiro atoms. The number of benzene rings is 1. The van der Waals surface area contributed by atoms with Crippen molar-refractivity contribution < 1.29 is 4.79 Å². The number of aromatic nitrogens is 3. The zero-order valence-corrected chi connectivity index (χ0v) is 12.6. The largest absolute Gasteiger partial charge is 0.347 e. The Morgan fingerprint density at radius 3 is 2.76 bits per heavy atom. The van der Waals surface area contributed by atoms with Gasteiger partial charge in [-0.1, -0.05) is 36.7 Å². The number of halogens is 1. The molecule has 0 atom stereocenters. The highest BCUT2D eigenvalue weighted by Gasteiger charge is 2.22. The zero-order chi connectivity index (χ0) is 15.0. The minimum Gasteiger partial charge on any atom is -0.347 e. The van der Waals surface area contributed by atoms with Crippen LogP contribution in [0.1, 0.15) is 28.7 Å². The van der Waals surface area contributed by atoms with E-state index in [1.165, 1.54) is 12.4 Å². The molecule has 0 bridgehead atoms. The lowest BCUT2D eigenvalue weighted by molar-refractivity contribution is 0.103. The van der Waals surface area contributed by atoms with Gasteiger partial charge < -0.3 is 4.57 Å². The van der Waals surface area contributed by atoms with Crippen molar-refractivity contribution in [2.75, 3.05) is 0 Å². The van der Waals surface area contributed by atoms with Crippen molar-refractivity contribution in [3.8, 4) is 0 Å². The monoisotopic (exact) mass is 299 g/mol. The van der Waals surface area contributed by atoms with Gasteiger partial charge in [0.15, 0.2) is 0 Å². The van der Waals surface area contributed by atoms with E-state index in [0.29, 0.717) is 11.3 Å². The first-order valence-electron chi connectivity index (χ1n) is 6.72. The smallest absolute Gasteiger partial charge is 0.213 e. The third-order valence-corrected chi connectivity index (χ3v) is 3.86. The Balaban J connectivity index is 2.27. The van der Waals surface area contributed by atoms with Crippen LogP contribution in [0, 0.1) is 0 Å². The molecule has 0 saturated heterocycles. The molecule has 1 aromatic carbocycles. The second-order valence-electron chi connectivity index (χ2n) is 4.81. The second-order valence-corrected chi connectivity index (χ2v) is 5.19. The van der Waals surface area contributed by atoms with Gasteiger partial charge >= 0.3 is 0 Å².